The Morgan fingerprint density at radius 2 is 1.42 bits per heavy atom. The third kappa shape index (κ3) is 6.37. The molecule has 0 saturated heterocycles. The van der Waals surface area contributed by atoms with E-state index in [4.69, 9.17) is 14.6 Å². The fourth-order valence-electron chi connectivity index (χ4n) is 2.82. The summed E-state index contributed by atoms with van der Waals surface area (Å²) in [5, 5.41) is 8.83. The van der Waals surface area contributed by atoms with Crippen molar-refractivity contribution in [2.75, 3.05) is 0 Å². The number of halogens is 3. The standard InChI is InChI=1S/C24H19F3O4/c25-24(26,27)20-13-19(11-12-22(28)29)14-21(30-15-17-7-3-1-4-8-17)23(20)31-16-18-9-5-2-6-10-18/h1-14H,15-16H2,(H,28,29)/b12-11+. The predicted molar refractivity (Wildman–Crippen MR) is 110 cm³/mol. The second-order valence-electron chi connectivity index (χ2n) is 6.61. The maximum Gasteiger partial charge on any atom is 0.420 e. The van der Waals surface area contributed by atoms with E-state index in [1.807, 2.05) is 6.07 Å². The van der Waals surface area contributed by atoms with Crippen LogP contribution in [0.2, 0.25) is 0 Å². The van der Waals surface area contributed by atoms with E-state index in [2.05, 4.69) is 0 Å². The molecule has 3 rings (SSSR count). The fraction of sp³-hybridized carbons (Fsp3) is 0.125. The molecule has 0 saturated carbocycles. The highest BCUT2D eigenvalue weighted by molar-refractivity contribution is 5.85. The minimum atomic E-state index is -4.73. The number of carboxylic acid groups (broad SMARTS) is 1. The number of aliphatic carboxylic acids is 1. The minimum absolute atomic E-state index is 0.0198. The van der Waals surface area contributed by atoms with E-state index in [1.165, 1.54) is 6.07 Å². The summed E-state index contributed by atoms with van der Waals surface area (Å²) in [5.74, 6) is -1.84. The Balaban J connectivity index is 2.00. The molecule has 3 aromatic rings. The van der Waals surface area contributed by atoms with Crippen LogP contribution in [0.3, 0.4) is 0 Å². The zero-order valence-corrected chi connectivity index (χ0v) is 16.3. The Kier molecular flexibility index (Phi) is 6.97. The molecule has 0 aliphatic carbocycles. The van der Waals surface area contributed by atoms with Crippen LogP contribution in [-0.2, 0) is 24.2 Å². The highest BCUT2D eigenvalue weighted by Gasteiger charge is 2.36. The molecule has 160 valence electrons. The average molecular weight is 428 g/mol. The lowest BCUT2D eigenvalue weighted by molar-refractivity contribution is -0.139. The number of carbonyl (C=O) groups is 1. The summed E-state index contributed by atoms with van der Waals surface area (Å²) in [6, 6.07) is 19.9. The first-order valence-electron chi connectivity index (χ1n) is 9.32. The van der Waals surface area contributed by atoms with Gasteiger partial charge < -0.3 is 14.6 Å². The van der Waals surface area contributed by atoms with Crippen molar-refractivity contribution in [2.45, 2.75) is 19.4 Å². The summed E-state index contributed by atoms with van der Waals surface area (Å²) in [6.45, 7) is -0.0676. The van der Waals surface area contributed by atoms with Crippen LogP contribution in [0, 0.1) is 0 Å². The number of carboxylic acids is 1. The van der Waals surface area contributed by atoms with Gasteiger partial charge in [0.2, 0.25) is 0 Å². The van der Waals surface area contributed by atoms with Crippen LogP contribution < -0.4 is 9.47 Å². The molecule has 31 heavy (non-hydrogen) atoms. The second-order valence-corrected chi connectivity index (χ2v) is 6.61. The zero-order chi connectivity index (χ0) is 22.3. The van der Waals surface area contributed by atoms with Gasteiger partial charge in [0.15, 0.2) is 11.5 Å². The smallest absolute Gasteiger partial charge is 0.420 e. The molecule has 0 amide bonds. The summed E-state index contributed by atoms with van der Waals surface area (Å²) in [6.07, 6.45) is -2.89. The van der Waals surface area contributed by atoms with Crippen molar-refractivity contribution >= 4 is 12.0 Å². The van der Waals surface area contributed by atoms with E-state index < -0.39 is 23.5 Å². The largest absolute Gasteiger partial charge is 0.485 e. The van der Waals surface area contributed by atoms with Gasteiger partial charge >= 0.3 is 12.1 Å². The van der Waals surface area contributed by atoms with Crippen LogP contribution in [0.1, 0.15) is 22.3 Å². The maximum atomic E-state index is 13.8. The van der Waals surface area contributed by atoms with Crippen LogP contribution in [-0.4, -0.2) is 11.1 Å². The van der Waals surface area contributed by atoms with E-state index in [0.717, 1.165) is 23.8 Å². The molecule has 0 aliphatic heterocycles. The first-order valence-corrected chi connectivity index (χ1v) is 9.32. The highest BCUT2D eigenvalue weighted by Crippen LogP contribution is 2.43. The summed E-state index contributed by atoms with van der Waals surface area (Å²) < 4.78 is 52.7. The van der Waals surface area contributed by atoms with Crippen molar-refractivity contribution in [3.05, 3.63) is 101 Å². The van der Waals surface area contributed by atoms with Crippen molar-refractivity contribution in [3.8, 4) is 11.5 Å². The third-order valence-corrected chi connectivity index (χ3v) is 4.26. The summed E-state index contributed by atoms with van der Waals surface area (Å²) in [7, 11) is 0. The van der Waals surface area contributed by atoms with Gasteiger partial charge in [0, 0.05) is 6.08 Å². The number of ether oxygens (including phenoxy) is 2. The van der Waals surface area contributed by atoms with Crippen molar-refractivity contribution in [3.63, 3.8) is 0 Å². The van der Waals surface area contributed by atoms with Gasteiger partial charge in [-0.25, -0.2) is 4.79 Å². The Morgan fingerprint density at radius 1 is 0.871 bits per heavy atom. The molecule has 0 spiro atoms. The molecular formula is C24H19F3O4. The number of benzene rings is 3. The van der Waals surface area contributed by atoms with E-state index in [-0.39, 0.29) is 24.5 Å². The maximum absolute atomic E-state index is 13.8. The fourth-order valence-corrected chi connectivity index (χ4v) is 2.82. The Morgan fingerprint density at radius 3 is 1.94 bits per heavy atom. The lowest BCUT2D eigenvalue weighted by Crippen LogP contribution is -2.11. The molecule has 3 aromatic carbocycles. The molecular weight excluding hydrogens is 409 g/mol. The van der Waals surface area contributed by atoms with Crippen LogP contribution in [0.15, 0.2) is 78.9 Å². The van der Waals surface area contributed by atoms with Crippen LogP contribution in [0.4, 0.5) is 13.2 Å². The zero-order valence-electron chi connectivity index (χ0n) is 16.3. The van der Waals surface area contributed by atoms with Crippen LogP contribution >= 0.6 is 0 Å². The Bertz CT molecular complexity index is 1050. The van der Waals surface area contributed by atoms with Gasteiger partial charge in [0.1, 0.15) is 18.8 Å². The van der Waals surface area contributed by atoms with Gasteiger partial charge in [-0.3, -0.25) is 0 Å². The van der Waals surface area contributed by atoms with Gasteiger partial charge in [-0.1, -0.05) is 60.7 Å². The van der Waals surface area contributed by atoms with Gasteiger partial charge in [-0.15, -0.1) is 0 Å². The van der Waals surface area contributed by atoms with Crippen molar-refractivity contribution < 1.29 is 32.5 Å². The molecule has 0 fully saturated rings. The molecule has 0 aromatic heterocycles. The molecule has 4 nitrogen and oxygen atoms in total. The van der Waals surface area contributed by atoms with Crippen molar-refractivity contribution in [2.24, 2.45) is 0 Å². The highest BCUT2D eigenvalue weighted by atomic mass is 19.4. The first kappa shape index (κ1) is 22.0. The Hall–Kier alpha value is -3.74. The minimum Gasteiger partial charge on any atom is -0.485 e. The first-order chi connectivity index (χ1) is 14.8. The van der Waals surface area contributed by atoms with Crippen molar-refractivity contribution in [1.29, 1.82) is 0 Å². The summed E-state index contributed by atoms with van der Waals surface area (Å²) in [4.78, 5) is 10.8. The Labute approximate surface area is 177 Å². The van der Waals surface area contributed by atoms with Gasteiger partial charge in [-0.05, 0) is 34.9 Å². The molecule has 0 atom stereocenters. The molecule has 0 bridgehead atoms. The predicted octanol–water partition coefficient (Wildman–Crippen LogP) is 5.96. The molecule has 1 N–H and O–H groups in total. The molecule has 0 heterocycles. The quantitative estimate of drug-likeness (QED) is 0.450. The number of hydrogen-bond acceptors (Lipinski definition) is 3. The third-order valence-electron chi connectivity index (χ3n) is 4.26. The van der Waals surface area contributed by atoms with E-state index >= 15 is 0 Å². The molecule has 7 heteroatoms. The SMILES string of the molecule is O=C(O)/C=C/c1cc(OCc2ccccc2)c(OCc2ccccc2)c(C(F)(F)F)c1. The number of rotatable bonds is 8. The molecule has 0 unspecified atom stereocenters. The van der Waals surface area contributed by atoms with Gasteiger partial charge in [0.05, 0.1) is 0 Å². The van der Waals surface area contributed by atoms with Gasteiger partial charge in [-0.2, -0.15) is 13.2 Å². The topological polar surface area (TPSA) is 55.8 Å². The van der Waals surface area contributed by atoms with E-state index in [0.29, 0.717) is 5.56 Å². The van der Waals surface area contributed by atoms with E-state index in [1.54, 1.807) is 54.6 Å². The van der Waals surface area contributed by atoms with Gasteiger partial charge in [0.25, 0.3) is 0 Å². The lowest BCUT2D eigenvalue weighted by Gasteiger charge is -2.19. The van der Waals surface area contributed by atoms with Crippen LogP contribution in [0.25, 0.3) is 6.08 Å². The summed E-state index contributed by atoms with van der Waals surface area (Å²) >= 11 is 0. The average Bonchev–Trinajstić information content (AvgIpc) is 2.75. The summed E-state index contributed by atoms with van der Waals surface area (Å²) in [5.41, 5.74) is 0.444. The molecule has 0 aliphatic rings. The number of hydrogen-bond donors (Lipinski definition) is 1. The van der Waals surface area contributed by atoms with Crippen LogP contribution in [0.5, 0.6) is 11.5 Å². The van der Waals surface area contributed by atoms with Crippen molar-refractivity contribution in [1.82, 2.24) is 0 Å². The van der Waals surface area contributed by atoms with E-state index in [9.17, 15) is 18.0 Å². The lowest BCUT2D eigenvalue weighted by atomic mass is 10.1. The second kappa shape index (κ2) is 9.84. The molecule has 0 radical (unpaired) electrons. The monoisotopic (exact) mass is 428 g/mol. The normalized spacial score (nSPS) is 11.5. The number of alkyl halides is 3.